The molecule has 3 aromatic rings. The number of hydrogen-bond acceptors (Lipinski definition) is 7. The van der Waals surface area contributed by atoms with Gasteiger partial charge >= 0.3 is 11.8 Å². The standard InChI is InChI=1S/C30H37FN4O6/c1-19(2)14-24(26(36)17-35-27(34-41-30(35)39)16-21-10-12-23(31)13-11-21)32-28(37)25(15-20(3)4)33-29(38)40-18-22-8-6-5-7-9-22/h5-13,19-20,24-25H,14-18H2,1-4H3,(H,32,37)(H,33,38). The van der Waals surface area contributed by atoms with Crippen LogP contribution in [-0.4, -0.2) is 39.6 Å². The molecule has 3 rings (SSSR count). The zero-order chi connectivity index (χ0) is 29.9. The number of rotatable bonds is 14. The van der Waals surface area contributed by atoms with E-state index in [2.05, 4.69) is 15.8 Å². The first-order valence-electron chi connectivity index (χ1n) is 13.6. The molecule has 0 aliphatic carbocycles. The van der Waals surface area contributed by atoms with Gasteiger partial charge in [0, 0.05) is 6.42 Å². The molecule has 0 radical (unpaired) electrons. The lowest BCUT2D eigenvalue weighted by molar-refractivity contribution is -0.129. The van der Waals surface area contributed by atoms with Gasteiger partial charge in [-0.05, 0) is 47.9 Å². The predicted octanol–water partition coefficient (Wildman–Crippen LogP) is 4.01. The maximum atomic E-state index is 13.4. The number of ether oxygens (including phenoxy) is 1. The number of halogens is 1. The summed E-state index contributed by atoms with van der Waals surface area (Å²) in [6.07, 6.45) is 0.0289. The summed E-state index contributed by atoms with van der Waals surface area (Å²) in [5.41, 5.74) is 1.48. The predicted molar refractivity (Wildman–Crippen MR) is 149 cm³/mol. The van der Waals surface area contributed by atoms with Crippen LogP contribution in [0.2, 0.25) is 0 Å². The maximum absolute atomic E-state index is 13.4. The van der Waals surface area contributed by atoms with Crippen molar-refractivity contribution in [1.29, 1.82) is 0 Å². The van der Waals surface area contributed by atoms with Crippen molar-refractivity contribution in [2.24, 2.45) is 11.8 Å². The normalized spacial score (nSPS) is 12.7. The zero-order valence-electron chi connectivity index (χ0n) is 23.8. The van der Waals surface area contributed by atoms with Crippen molar-refractivity contribution < 1.29 is 28.0 Å². The number of Topliss-reactive ketones (excluding diaryl/α,β-unsaturated/α-hetero) is 1. The van der Waals surface area contributed by atoms with Gasteiger partial charge in [0.15, 0.2) is 11.6 Å². The highest BCUT2D eigenvalue weighted by Crippen LogP contribution is 2.12. The second-order valence-corrected chi connectivity index (χ2v) is 10.8. The van der Waals surface area contributed by atoms with Crippen LogP contribution < -0.4 is 16.4 Å². The van der Waals surface area contributed by atoms with Gasteiger partial charge < -0.3 is 15.4 Å². The van der Waals surface area contributed by atoms with Crippen LogP contribution in [0.5, 0.6) is 0 Å². The van der Waals surface area contributed by atoms with Crippen LogP contribution in [0.1, 0.15) is 57.5 Å². The number of amides is 2. The van der Waals surface area contributed by atoms with E-state index >= 15 is 0 Å². The molecule has 1 heterocycles. The Morgan fingerprint density at radius 3 is 2.17 bits per heavy atom. The third-order valence-electron chi connectivity index (χ3n) is 6.29. The highest BCUT2D eigenvalue weighted by atomic mass is 19.1. The van der Waals surface area contributed by atoms with Crippen LogP contribution in [0.4, 0.5) is 9.18 Å². The van der Waals surface area contributed by atoms with E-state index in [-0.39, 0.29) is 37.2 Å². The molecule has 41 heavy (non-hydrogen) atoms. The van der Waals surface area contributed by atoms with Crippen molar-refractivity contribution in [2.45, 2.75) is 72.2 Å². The number of nitrogens with one attached hydrogen (secondary N) is 2. The first-order chi connectivity index (χ1) is 19.5. The van der Waals surface area contributed by atoms with E-state index in [1.165, 1.54) is 12.1 Å². The highest BCUT2D eigenvalue weighted by molar-refractivity contribution is 5.92. The summed E-state index contributed by atoms with van der Waals surface area (Å²) < 4.78 is 24.5. The summed E-state index contributed by atoms with van der Waals surface area (Å²) in [6, 6.07) is 13.0. The van der Waals surface area contributed by atoms with Crippen molar-refractivity contribution >= 4 is 17.8 Å². The van der Waals surface area contributed by atoms with E-state index in [1.807, 2.05) is 58.0 Å². The van der Waals surface area contributed by atoms with Crippen LogP contribution >= 0.6 is 0 Å². The van der Waals surface area contributed by atoms with E-state index < -0.39 is 41.4 Å². The average Bonchev–Trinajstić information content (AvgIpc) is 3.26. The second-order valence-electron chi connectivity index (χ2n) is 10.8. The van der Waals surface area contributed by atoms with Gasteiger partial charge in [0.25, 0.3) is 0 Å². The van der Waals surface area contributed by atoms with Crippen molar-refractivity contribution in [3.8, 4) is 0 Å². The topological polar surface area (TPSA) is 133 Å². The average molecular weight is 569 g/mol. The number of carbonyl (C=O) groups is 3. The van der Waals surface area contributed by atoms with Crippen LogP contribution in [0.3, 0.4) is 0 Å². The molecule has 2 N–H and O–H groups in total. The lowest BCUT2D eigenvalue weighted by Gasteiger charge is -2.25. The van der Waals surface area contributed by atoms with Crippen molar-refractivity contribution in [2.75, 3.05) is 0 Å². The molecule has 0 aliphatic heterocycles. The number of nitrogens with zero attached hydrogens (tertiary/aromatic N) is 2. The van der Waals surface area contributed by atoms with Crippen LogP contribution in [-0.2, 0) is 33.9 Å². The Morgan fingerprint density at radius 1 is 0.902 bits per heavy atom. The Kier molecular flexibility index (Phi) is 11.4. The number of hydrogen-bond donors (Lipinski definition) is 2. The van der Waals surface area contributed by atoms with E-state index in [1.54, 1.807) is 12.1 Å². The first kappa shape index (κ1) is 31.3. The molecule has 10 nitrogen and oxygen atoms in total. The Morgan fingerprint density at radius 2 is 1.54 bits per heavy atom. The monoisotopic (exact) mass is 568 g/mol. The van der Waals surface area contributed by atoms with Gasteiger partial charge in [0.05, 0.1) is 12.6 Å². The minimum atomic E-state index is -0.937. The molecule has 0 aliphatic rings. The number of alkyl carbamates (subject to hydrolysis) is 1. The molecular weight excluding hydrogens is 531 g/mol. The minimum absolute atomic E-state index is 0.0366. The molecule has 1 aromatic heterocycles. The molecule has 2 aromatic carbocycles. The van der Waals surface area contributed by atoms with Gasteiger partial charge in [0.2, 0.25) is 5.91 Å². The van der Waals surface area contributed by atoms with Crippen molar-refractivity contribution in [3.05, 3.63) is 87.9 Å². The van der Waals surface area contributed by atoms with E-state index in [0.717, 1.165) is 10.1 Å². The van der Waals surface area contributed by atoms with Crippen LogP contribution in [0, 0.1) is 17.7 Å². The molecule has 0 saturated carbocycles. The molecule has 220 valence electrons. The highest BCUT2D eigenvalue weighted by Gasteiger charge is 2.29. The summed E-state index contributed by atoms with van der Waals surface area (Å²) in [7, 11) is 0. The fraction of sp³-hybridized carbons (Fsp3) is 0.433. The smallest absolute Gasteiger partial charge is 0.442 e. The Hall–Kier alpha value is -4.28. The maximum Gasteiger partial charge on any atom is 0.442 e. The Labute approximate surface area is 238 Å². The zero-order valence-corrected chi connectivity index (χ0v) is 23.8. The Balaban J connectivity index is 1.70. The van der Waals surface area contributed by atoms with Gasteiger partial charge in [-0.2, -0.15) is 0 Å². The quantitative estimate of drug-likeness (QED) is 0.300. The van der Waals surface area contributed by atoms with Gasteiger partial charge in [-0.3, -0.25) is 18.7 Å². The van der Waals surface area contributed by atoms with Crippen molar-refractivity contribution in [1.82, 2.24) is 20.4 Å². The van der Waals surface area contributed by atoms with E-state index in [9.17, 15) is 23.6 Å². The van der Waals surface area contributed by atoms with E-state index in [4.69, 9.17) is 9.26 Å². The second kappa shape index (κ2) is 14.9. The van der Waals surface area contributed by atoms with E-state index in [0.29, 0.717) is 18.4 Å². The lowest BCUT2D eigenvalue weighted by atomic mass is 9.98. The molecular formula is C30H37FN4O6. The fourth-order valence-electron chi connectivity index (χ4n) is 4.25. The fourth-order valence-corrected chi connectivity index (χ4v) is 4.25. The molecule has 2 atom stereocenters. The number of ketones is 1. The summed E-state index contributed by atoms with van der Waals surface area (Å²) in [5.74, 6) is -1.87. The van der Waals surface area contributed by atoms with Crippen molar-refractivity contribution in [3.63, 3.8) is 0 Å². The van der Waals surface area contributed by atoms with Gasteiger partial charge in [0.1, 0.15) is 18.5 Å². The first-order valence-corrected chi connectivity index (χ1v) is 13.6. The molecule has 0 bridgehead atoms. The molecule has 0 saturated heterocycles. The summed E-state index contributed by atoms with van der Waals surface area (Å²) in [4.78, 5) is 51.6. The molecule has 0 fully saturated rings. The molecule has 0 spiro atoms. The van der Waals surface area contributed by atoms with Crippen LogP contribution in [0.25, 0.3) is 0 Å². The third kappa shape index (κ3) is 10.0. The lowest BCUT2D eigenvalue weighted by Crippen LogP contribution is -2.53. The summed E-state index contributed by atoms with van der Waals surface area (Å²) in [6.45, 7) is 7.30. The minimum Gasteiger partial charge on any atom is -0.445 e. The largest absolute Gasteiger partial charge is 0.445 e. The molecule has 2 unspecified atom stereocenters. The van der Waals surface area contributed by atoms with Gasteiger partial charge in [-0.25, -0.2) is 14.0 Å². The van der Waals surface area contributed by atoms with Gasteiger partial charge in [-0.15, -0.1) is 0 Å². The molecule has 11 heteroatoms. The summed E-state index contributed by atoms with van der Waals surface area (Å²) in [5, 5.41) is 9.17. The van der Waals surface area contributed by atoms with Gasteiger partial charge in [-0.1, -0.05) is 75.3 Å². The van der Waals surface area contributed by atoms with Crippen LogP contribution in [0.15, 0.2) is 63.9 Å². The SMILES string of the molecule is CC(C)CC(NC(=O)C(CC(C)C)NC(=O)OCc1ccccc1)C(=O)Cn1c(Cc2ccc(F)cc2)noc1=O. The number of benzene rings is 2. The Bertz CT molecular complexity index is 1350. The number of aromatic nitrogens is 2. The summed E-state index contributed by atoms with van der Waals surface area (Å²) >= 11 is 0. The third-order valence-corrected chi connectivity index (χ3v) is 6.29. The number of carbonyl (C=O) groups excluding carboxylic acids is 3. The molecule has 2 amide bonds.